The Hall–Kier alpha value is -0.570. The predicted molar refractivity (Wildman–Crippen MR) is 71.7 cm³/mol. The Labute approximate surface area is 106 Å². The average Bonchev–Trinajstić information content (AvgIpc) is 2.26. The molecule has 17 heavy (non-hydrogen) atoms. The number of carbonyl (C=O) groups excluding carboxylic acids is 1. The molecule has 0 aromatic heterocycles. The second-order valence-corrected chi connectivity index (χ2v) is 5.89. The molecule has 0 aromatic carbocycles. The molecule has 2 unspecified atom stereocenters. The van der Waals surface area contributed by atoms with Crippen molar-refractivity contribution in [3.8, 4) is 0 Å². The van der Waals surface area contributed by atoms with Crippen molar-refractivity contribution in [1.29, 1.82) is 0 Å². The SMILES string of the molecule is CCCCC(CC)COC(=O)C(N)C(C)(C)C. The highest BCUT2D eigenvalue weighted by Gasteiger charge is 2.29. The molecule has 3 nitrogen and oxygen atoms in total. The van der Waals surface area contributed by atoms with Gasteiger partial charge in [0.2, 0.25) is 0 Å². The standard InChI is InChI=1S/C14H29NO2/c1-6-8-9-11(7-2)10-17-13(16)12(15)14(3,4)5/h11-12H,6-10,15H2,1-5H3. The van der Waals surface area contributed by atoms with Crippen LogP contribution in [0.2, 0.25) is 0 Å². The summed E-state index contributed by atoms with van der Waals surface area (Å²) in [6, 6.07) is -0.536. The van der Waals surface area contributed by atoms with Crippen LogP contribution >= 0.6 is 0 Å². The molecule has 0 heterocycles. The maximum atomic E-state index is 11.7. The van der Waals surface area contributed by atoms with Gasteiger partial charge in [-0.25, -0.2) is 0 Å². The number of hydrogen-bond acceptors (Lipinski definition) is 3. The fourth-order valence-electron chi connectivity index (χ4n) is 1.54. The van der Waals surface area contributed by atoms with E-state index >= 15 is 0 Å². The van der Waals surface area contributed by atoms with Gasteiger partial charge in [0.25, 0.3) is 0 Å². The van der Waals surface area contributed by atoms with E-state index in [0.717, 1.165) is 12.8 Å². The van der Waals surface area contributed by atoms with E-state index in [2.05, 4.69) is 13.8 Å². The van der Waals surface area contributed by atoms with Gasteiger partial charge < -0.3 is 10.5 Å². The summed E-state index contributed by atoms with van der Waals surface area (Å²) in [5.74, 6) is 0.207. The van der Waals surface area contributed by atoms with Crippen molar-refractivity contribution in [2.75, 3.05) is 6.61 Å². The van der Waals surface area contributed by atoms with Gasteiger partial charge in [-0.3, -0.25) is 4.79 Å². The Kier molecular flexibility index (Phi) is 7.44. The van der Waals surface area contributed by atoms with Crippen molar-refractivity contribution in [1.82, 2.24) is 0 Å². The van der Waals surface area contributed by atoms with Crippen LogP contribution in [0.4, 0.5) is 0 Å². The Bertz CT molecular complexity index is 221. The lowest BCUT2D eigenvalue weighted by Gasteiger charge is -2.26. The highest BCUT2D eigenvalue weighted by atomic mass is 16.5. The first kappa shape index (κ1) is 16.4. The molecule has 2 atom stereocenters. The summed E-state index contributed by atoms with van der Waals surface area (Å²) >= 11 is 0. The molecule has 0 spiro atoms. The van der Waals surface area contributed by atoms with Crippen LogP contribution in [0, 0.1) is 11.3 Å². The average molecular weight is 243 g/mol. The van der Waals surface area contributed by atoms with Gasteiger partial charge in [-0.2, -0.15) is 0 Å². The molecule has 0 rings (SSSR count). The van der Waals surface area contributed by atoms with E-state index in [-0.39, 0.29) is 11.4 Å². The minimum Gasteiger partial charge on any atom is -0.464 e. The van der Waals surface area contributed by atoms with Crippen LogP contribution in [0.15, 0.2) is 0 Å². The molecule has 0 bridgehead atoms. The summed E-state index contributed by atoms with van der Waals surface area (Å²) in [5.41, 5.74) is 5.61. The van der Waals surface area contributed by atoms with E-state index < -0.39 is 6.04 Å². The van der Waals surface area contributed by atoms with E-state index in [1.807, 2.05) is 20.8 Å². The fraction of sp³-hybridized carbons (Fsp3) is 0.929. The van der Waals surface area contributed by atoms with Crippen LogP contribution in [0.25, 0.3) is 0 Å². The lowest BCUT2D eigenvalue weighted by molar-refractivity contribution is -0.149. The molecule has 0 aliphatic carbocycles. The largest absolute Gasteiger partial charge is 0.464 e. The summed E-state index contributed by atoms with van der Waals surface area (Å²) in [6.45, 7) is 10.7. The van der Waals surface area contributed by atoms with Gasteiger partial charge in [-0.15, -0.1) is 0 Å². The van der Waals surface area contributed by atoms with Crippen molar-refractivity contribution < 1.29 is 9.53 Å². The number of esters is 1. The summed E-state index contributed by atoms with van der Waals surface area (Å²) in [7, 11) is 0. The molecule has 0 saturated carbocycles. The molecular formula is C14H29NO2. The maximum absolute atomic E-state index is 11.7. The third-order valence-corrected chi connectivity index (χ3v) is 3.19. The number of unbranched alkanes of at least 4 members (excludes halogenated alkanes) is 1. The molecule has 3 heteroatoms. The quantitative estimate of drug-likeness (QED) is 0.699. The monoisotopic (exact) mass is 243 g/mol. The van der Waals surface area contributed by atoms with E-state index in [1.165, 1.54) is 12.8 Å². The fourth-order valence-corrected chi connectivity index (χ4v) is 1.54. The van der Waals surface area contributed by atoms with Crippen molar-refractivity contribution in [2.45, 2.75) is 66.3 Å². The first-order valence-electron chi connectivity index (χ1n) is 6.75. The highest BCUT2D eigenvalue weighted by Crippen LogP contribution is 2.19. The summed E-state index contributed by atoms with van der Waals surface area (Å²) < 4.78 is 5.32. The summed E-state index contributed by atoms with van der Waals surface area (Å²) in [4.78, 5) is 11.7. The van der Waals surface area contributed by atoms with Gasteiger partial charge in [0, 0.05) is 0 Å². The first-order valence-corrected chi connectivity index (χ1v) is 6.75. The van der Waals surface area contributed by atoms with E-state index in [9.17, 15) is 4.79 Å². The lowest BCUT2D eigenvalue weighted by Crippen LogP contribution is -2.43. The minimum absolute atomic E-state index is 0.234. The Morgan fingerprint density at radius 3 is 2.29 bits per heavy atom. The molecule has 0 amide bonds. The third-order valence-electron chi connectivity index (χ3n) is 3.19. The van der Waals surface area contributed by atoms with Gasteiger partial charge in [0.05, 0.1) is 6.61 Å². The Morgan fingerprint density at radius 2 is 1.88 bits per heavy atom. The summed E-state index contributed by atoms with van der Waals surface area (Å²) in [6.07, 6.45) is 4.57. The molecule has 0 saturated heterocycles. The van der Waals surface area contributed by atoms with Crippen LogP contribution in [0.3, 0.4) is 0 Å². The number of nitrogens with two attached hydrogens (primary N) is 1. The molecule has 102 valence electrons. The summed E-state index contributed by atoms with van der Waals surface area (Å²) in [5, 5.41) is 0. The van der Waals surface area contributed by atoms with Gasteiger partial charge in [0.15, 0.2) is 0 Å². The highest BCUT2D eigenvalue weighted by molar-refractivity contribution is 5.76. The second-order valence-electron chi connectivity index (χ2n) is 5.89. The normalized spacial score (nSPS) is 15.4. The molecule has 0 aliphatic heterocycles. The zero-order chi connectivity index (χ0) is 13.5. The van der Waals surface area contributed by atoms with E-state index in [4.69, 9.17) is 10.5 Å². The smallest absolute Gasteiger partial charge is 0.323 e. The molecule has 0 radical (unpaired) electrons. The lowest BCUT2D eigenvalue weighted by atomic mass is 9.87. The van der Waals surface area contributed by atoms with Gasteiger partial charge in [-0.1, -0.05) is 53.9 Å². The number of carbonyl (C=O) groups is 1. The molecule has 0 aliphatic rings. The number of hydrogen-bond donors (Lipinski definition) is 1. The predicted octanol–water partition coefficient (Wildman–Crippen LogP) is 3.12. The van der Waals surface area contributed by atoms with Gasteiger partial charge in [-0.05, 0) is 17.8 Å². The van der Waals surface area contributed by atoms with Crippen molar-refractivity contribution >= 4 is 5.97 Å². The zero-order valence-corrected chi connectivity index (χ0v) is 12.1. The molecule has 0 fully saturated rings. The Morgan fingerprint density at radius 1 is 1.29 bits per heavy atom. The second kappa shape index (κ2) is 7.70. The van der Waals surface area contributed by atoms with Crippen LogP contribution in [0.1, 0.15) is 60.3 Å². The third kappa shape index (κ3) is 6.67. The topological polar surface area (TPSA) is 52.3 Å². The van der Waals surface area contributed by atoms with Crippen molar-refractivity contribution in [2.24, 2.45) is 17.1 Å². The maximum Gasteiger partial charge on any atom is 0.323 e. The minimum atomic E-state index is -0.536. The molecular weight excluding hydrogens is 214 g/mol. The molecule has 2 N–H and O–H groups in total. The number of rotatable bonds is 7. The molecule has 0 aromatic rings. The zero-order valence-electron chi connectivity index (χ0n) is 12.1. The van der Waals surface area contributed by atoms with Crippen molar-refractivity contribution in [3.05, 3.63) is 0 Å². The van der Waals surface area contributed by atoms with Crippen LogP contribution in [0.5, 0.6) is 0 Å². The van der Waals surface area contributed by atoms with E-state index in [0.29, 0.717) is 12.5 Å². The Balaban J connectivity index is 4.04. The van der Waals surface area contributed by atoms with E-state index in [1.54, 1.807) is 0 Å². The van der Waals surface area contributed by atoms with Gasteiger partial charge in [0.1, 0.15) is 6.04 Å². The first-order chi connectivity index (χ1) is 7.82. The van der Waals surface area contributed by atoms with Crippen LogP contribution < -0.4 is 5.73 Å². The van der Waals surface area contributed by atoms with Gasteiger partial charge >= 0.3 is 5.97 Å². The van der Waals surface area contributed by atoms with Crippen LogP contribution in [-0.2, 0) is 9.53 Å². The number of ether oxygens (including phenoxy) is 1. The van der Waals surface area contributed by atoms with Crippen molar-refractivity contribution in [3.63, 3.8) is 0 Å². The van der Waals surface area contributed by atoms with Crippen LogP contribution in [-0.4, -0.2) is 18.6 Å².